The number of pyridine rings is 2. The van der Waals surface area contributed by atoms with Gasteiger partial charge in [0.1, 0.15) is 0 Å². The monoisotopic (exact) mass is 1130 g/mol. The van der Waals surface area contributed by atoms with Crippen LogP contribution in [0.5, 0.6) is 23.0 Å². The van der Waals surface area contributed by atoms with Crippen molar-refractivity contribution in [1.29, 1.82) is 0 Å². The Morgan fingerprint density at radius 1 is 0.475 bits per heavy atom. The molecule has 4 aromatic heterocycles. The van der Waals surface area contributed by atoms with Gasteiger partial charge in [0.05, 0.1) is 0 Å². The van der Waals surface area contributed by atoms with Crippen LogP contribution in [-0.4, -0.2) is 24.5 Å². The van der Waals surface area contributed by atoms with E-state index >= 15 is 0 Å². The largest absolute Gasteiger partial charge is 2.00 e. The number of nitrogens with zero attached hydrogens (tertiary/aromatic N) is 5. The molecule has 0 aliphatic rings. The minimum absolute atomic E-state index is 0. The van der Waals surface area contributed by atoms with Crippen LogP contribution in [0.15, 0.2) is 140 Å². The minimum Gasteiger partial charge on any atom is -0.503 e. The summed E-state index contributed by atoms with van der Waals surface area (Å²) in [7, 11) is 0. The van der Waals surface area contributed by atoms with E-state index in [0.717, 1.165) is 49.9 Å². The Morgan fingerprint density at radius 2 is 0.932 bits per heavy atom. The fourth-order valence-electron chi connectivity index (χ4n) is 7.19. The summed E-state index contributed by atoms with van der Waals surface area (Å²) in [5.74, 6) is 3.27. The van der Waals surface area contributed by atoms with Crippen LogP contribution in [0, 0.1) is 24.3 Å². The molecule has 9 heteroatoms. The first-order valence-corrected chi connectivity index (χ1v) is 19.0. The Balaban J connectivity index is 0.00000264. The minimum atomic E-state index is 0. The second kappa shape index (κ2) is 18.0. The fourth-order valence-corrected chi connectivity index (χ4v) is 7.19. The summed E-state index contributed by atoms with van der Waals surface area (Å²) >= 11 is 0. The Hall–Kier alpha value is -5.74. The summed E-state index contributed by atoms with van der Waals surface area (Å²) < 4.78 is 14.8. The van der Waals surface area contributed by atoms with E-state index in [1.807, 2.05) is 114 Å². The van der Waals surface area contributed by atoms with Gasteiger partial charge in [0.2, 0.25) is 5.95 Å². The van der Waals surface area contributed by atoms with E-state index in [9.17, 15) is 0 Å². The van der Waals surface area contributed by atoms with Crippen LogP contribution in [0.3, 0.4) is 0 Å². The van der Waals surface area contributed by atoms with Gasteiger partial charge in [0.15, 0.2) is 0 Å². The number of ether oxygens (including phenoxy) is 2. The first-order chi connectivity index (χ1) is 27.9. The maximum atomic E-state index is 6.40. The maximum Gasteiger partial charge on any atom is 2.00 e. The molecular formula is C50H37N5O2Pt2. The standard InChI is InChI=1S/C50H37N5O2.2Pt/c1-32(2)41-16-11-17-42(33(3)4)49(41)36-30-53-50(54-31-36)55-47-28-39(56-37-14-9-12-34(26-37)45-18-5-7-24-51-45)20-22-43(47)44-23-21-40(29-48(44)55)57-38-15-10-13-35(27-38)46-19-6-8-25-52-46;;/h5-25,30-33H,1-4H3;;/q-4;2*+2. The number of fused-ring (bicyclic) bond motifs is 3. The molecule has 0 unspecified atom stereocenters. The molecule has 0 saturated carbocycles. The molecule has 0 radical (unpaired) electrons. The molecule has 5 aromatic carbocycles. The number of aromatic nitrogens is 5. The second-order valence-electron chi connectivity index (χ2n) is 14.4. The molecule has 0 N–H and O–H groups in total. The Labute approximate surface area is 373 Å². The predicted molar refractivity (Wildman–Crippen MR) is 225 cm³/mol. The third-order valence-electron chi connectivity index (χ3n) is 9.89. The molecule has 0 aliphatic heterocycles. The quantitative estimate of drug-likeness (QED) is 0.127. The van der Waals surface area contributed by atoms with E-state index in [1.54, 1.807) is 12.4 Å². The molecule has 9 aromatic rings. The van der Waals surface area contributed by atoms with Crippen LogP contribution in [0.4, 0.5) is 0 Å². The summed E-state index contributed by atoms with van der Waals surface area (Å²) in [5, 5.41) is 1.88. The molecule has 7 nitrogen and oxygen atoms in total. The maximum absolute atomic E-state index is 6.40. The van der Waals surface area contributed by atoms with E-state index in [-0.39, 0.29) is 42.1 Å². The predicted octanol–water partition coefficient (Wildman–Crippen LogP) is 12.4. The van der Waals surface area contributed by atoms with Crippen molar-refractivity contribution in [3.63, 3.8) is 0 Å². The zero-order valence-corrected chi connectivity index (χ0v) is 37.2. The average molecular weight is 1130 g/mol. The summed E-state index contributed by atoms with van der Waals surface area (Å²) in [5.41, 5.74) is 9.47. The molecular weight excluding hydrogens is 1090 g/mol. The van der Waals surface area contributed by atoms with Crippen molar-refractivity contribution in [3.05, 3.63) is 175 Å². The van der Waals surface area contributed by atoms with E-state index in [0.29, 0.717) is 40.8 Å². The molecule has 0 amide bonds. The van der Waals surface area contributed by atoms with E-state index < -0.39 is 0 Å². The van der Waals surface area contributed by atoms with Crippen LogP contribution in [0.2, 0.25) is 0 Å². The van der Waals surface area contributed by atoms with E-state index in [1.165, 1.54) is 16.7 Å². The summed E-state index contributed by atoms with van der Waals surface area (Å²) in [6.07, 6.45) is 7.38. The first kappa shape index (κ1) is 41.4. The van der Waals surface area contributed by atoms with Gasteiger partial charge in [0, 0.05) is 53.3 Å². The fraction of sp³-hybridized carbons (Fsp3) is 0.120. The van der Waals surface area contributed by atoms with Crippen LogP contribution in [-0.2, 0) is 42.1 Å². The van der Waals surface area contributed by atoms with Gasteiger partial charge in [-0.1, -0.05) is 93.3 Å². The van der Waals surface area contributed by atoms with Gasteiger partial charge in [-0.15, -0.1) is 71.8 Å². The van der Waals surface area contributed by atoms with Crippen LogP contribution in [0.25, 0.3) is 61.4 Å². The number of hydrogen-bond acceptors (Lipinski definition) is 6. The SMILES string of the molecule is CC(C)c1cccc(C(C)C)c1-c1cnc(-n2c3[c-]c(Oc4[c-]c(-c5ccccn5)ccc4)ccc3c3ccc(Oc4[c-]c(-c5ccccn5)ccc4)[c-]c32)nc1.[Pt+2].[Pt+2]. The molecule has 0 bridgehead atoms. The van der Waals surface area contributed by atoms with Crippen molar-refractivity contribution in [2.75, 3.05) is 0 Å². The number of rotatable bonds is 10. The van der Waals surface area contributed by atoms with Crippen LogP contribution >= 0.6 is 0 Å². The molecule has 0 saturated heterocycles. The van der Waals surface area contributed by atoms with E-state index in [2.05, 4.69) is 80.1 Å². The van der Waals surface area contributed by atoms with Gasteiger partial charge in [-0.2, -0.15) is 22.9 Å². The van der Waals surface area contributed by atoms with E-state index in [4.69, 9.17) is 19.4 Å². The van der Waals surface area contributed by atoms with Crippen molar-refractivity contribution in [2.45, 2.75) is 39.5 Å². The molecule has 0 atom stereocenters. The molecule has 0 aliphatic carbocycles. The van der Waals surface area contributed by atoms with Gasteiger partial charge in [-0.3, -0.25) is 0 Å². The van der Waals surface area contributed by atoms with Crippen molar-refractivity contribution < 1.29 is 51.6 Å². The van der Waals surface area contributed by atoms with Crippen molar-refractivity contribution in [3.8, 4) is 62.6 Å². The van der Waals surface area contributed by atoms with Gasteiger partial charge in [0.25, 0.3) is 0 Å². The second-order valence-corrected chi connectivity index (χ2v) is 14.4. The molecule has 59 heavy (non-hydrogen) atoms. The Bertz CT molecular complexity index is 2690. The third-order valence-corrected chi connectivity index (χ3v) is 9.89. The molecule has 4 heterocycles. The van der Waals surface area contributed by atoms with Crippen molar-refractivity contribution in [2.24, 2.45) is 0 Å². The zero-order chi connectivity index (χ0) is 38.9. The van der Waals surface area contributed by atoms with Crippen molar-refractivity contribution >= 4 is 21.8 Å². The molecule has 9 rings (SSSR count). The van der Waals surface area contributed by atoms with Crippen molar-refractivity contribution in [1.82, 2.24) is 24.5 Å². The van der Waals surface area contributed by atoms with Crippen LogP contribution < -0.4 is 9.47 Å². The van der Waals surface area contributed by atoms with Crippen LogP contribution in [0.1, 0.15) is 50.7 Å². The van der Waals surface area contributed by atoms with Gasteiger partial charge >= 0.3 is 42.1 Å². The zero-order valence-electron chi connectivity index (χ0n) is 32.6. The number of benzene rings is 5. The summed E-state index contributed by atoms with van der Waals surface area (Å²) in [6, 6.07) is 51.4. The molecule has 0 fully saturated rings. The molecule has 0 spiro atoms. The topological polar surface area (TPSA) is 75.0 Å². The normalized spacial score (nSPS) is 11.1. The third kappa shape index (κ3) is 8.55. The Morgan fingerprint density at radius 3 is 1.37 bits per heavy atom. The smallest absolute Gasteiger partial charge is 0.503 e. The van der Waals surface area contributed by atoms with Gasteiger partial charge in [-0.25, -0.2) is 9.97 Å². The van der Waals surface area contributed by atoms with Gasteiger partial charge in [-0.05, 0) is 52.0 Å². The summed E-state index contributed by atoms with van der Waals surface area (Å²) in [6.45, 7) is 8.89. The first-order valence-electron chi connectivity index (χ1n) is 19.0. The summed E-state index contributed by atoms with van der Waals surface area (Å²) in [4.78, 5) is 19.0. The van der Waals surface area contributed by atoms with Gasteiger partial charge < -0.3 is 24.0 Å². The molecule has 294 valence electrons. The average Bonchev–Trinajstić information content (AvgIpc) is 3.57. The number of hydrogen-bond donors (Lipinski definition) is 0. The Kier molecular flexibility index (Phi) is 12.7.